The summed E-state index contributed by atoms with van der Waals surface area (Å²) in [6, 6.07) is 7.56. The SMILES string of the molecule is Clc1ccc(-c2n[nH]c(CNCC3CCNCC3)n2)cc1. The summed E-state index contributed by atoms with van der Waals surface area (Å²) in [5.74, 6) is 2.35. The molecular weight excluding hydrogens is 286 g/mol. The monoisotopic (exact) mass is 305 g/mol. The van der Waals surface area contributed by atoms with Crippen molar-refractivity contribution in [2.75, 3.05) is 19.6 Å². The van der Waals surface area contributed by atoms with E-state index in [1.54, 1.807) is 0 Å². The molecule has 1 aliphatic rings. The van der Waals surface area contributed by atoms with Crippen LogP contribution >= 0.6 is 11.6 Å². The van der Waals surface area contributed by atoms with Gasteiger partial charge in [0.25, 0.3) is 0 Å². The molecule has 1 fully saturated rings. The highest BCUT2D eigenvalue weighted by Gasteiger charge is 2.12. The first-order valence-corrected chi connectivity index (χ1v) is 7.78. The van der Waals surface area contributed by atoms with E-state index >= 15 is 0 Å². The van der Waals surface area contributed by atoms with Gasteiger partial charge in [0.2, 0.25) is 0 Å². The predicted molar refractivity (Wildman–Crippen MR) is 84.1 cm³/mol. The lowest BCUT2D eigenvalue weighted by Crippen LogP contribution is -2.33. The minimum Gasteiger partial charge on any atom is -0.317 e. The van der Waals surface area contributed by atoms with Crippen LogP contribution in [-0.2, 0) is 6.54 Å². The van der Waals surface area contributed by atoms with Crippen LogP contribution in [0.25, 0.3) is 11.4 Å². The van der Waals surface area contributed by atoms with Crippen LogP contribution in [0.15, 0.2) is 24.3 Å². The lowest BCUT2D eigenvalue weighted by Gasteiger charge is -2.22. The summed E-state index contributed by atoms with van der Waals surface area (Å²) >= 11 is 5.88. The lowest BCUT2D eigenvalue weighted by atomic mass is 9.98. The van der Waals surface area contributed by atoms with Crippen LogP contribution in [-0.4, -0.2) is 34.8 Å². The van der Waals surface area contributed by atoms with Crippen LogP contribution < -0.4 is 10.6 Å². The third-order valence-electron chi connectivity index (χ3n) is 3.82. The van der Waals surface area contributed by atoms with Gasteiger partial charge in [0.1, 0.15) is 5.82 Å². The predicted octanol–water partition coefficient (Wildman–Crippen LogP) is 2.21. The number of hydrogen-bond donors (Lipinski definition) is 3. The largest absolute Gasteiger partial charge is 0.317 e. The zero-order valence-corrected chi connectivity index (χ0v) is 12.7. The number of halogens is 1. The number of benzene rings is 1. The van der Waals surface area contributed by atoms with Gasteiger partial charge in [-0.1, -0.05) is 11.6 Å². The van der Waals surface area contributed by atoms with E-state index in [9.17, 15) is 0 Å². The summed E-state index contributed by atoms with van der Waals surface area (Å²) in [4.78, 5) is 4.51. The molecule has 0 saturated carbocycles. The maximum Gasteiger partial charge on any atom is 0.181 e. The van der Waals surface area contributed by atoms with Gasteiger partial charge in [-0.05, 0) is 62.7 Å². The van der Waals surface area contributed by atoms with Crippen molar-refractivity contribution in [3.63, 3.8) is 0 Å². The molecule has 3 N–H and O–H groups in total. The molecule has 2 heterocycles. The van der Waals surface area contributed by atoms with Crippen LogP contribution in [0.3, 0.4) is 0 Å². The molecule has 1 aromatic heterocycles. The zero-order chi connectivity index (χ0) is 14.5. The van der Waals surface area contributed by atoms with Gasteiger partial charge < -0.3 is 10.6 Å². The molecule has 0 radical (unpaired) electrons. The van der Waals surface area contributed by atoms with Crippen LogP contribution in [0.4, 0.5) is 0 Å². The molecule has 0 bridgehead atoms. The molecule has 0 spiro atoms. The van der Waals surface area contributed by atoms with E-state index in [0.29, 0.717) is 5.82 Å². The Kier molecular flexibility index (Phi) is 4.85. The maximum atomic E-state index is 5.88. The van der Waals surface area contributed by atoms with Gasteiger partial charge in [0.05, 0.1) is 6.54 Å². The van der Waals surface area contributed by atoms with Crippen molar-refractivity contribution in [1.82, 2.24) is 25.8 Å². The summed E-state index contributed by atoms with van der Waals surface area (Å²) in [6.45, 7) is 4.04. The number of hydrogen-bond acceptors (Lipinski definition) is 4. The van der Waals surface area contributed by atoms with Gasteiger partial charge in [-0.15, -0.1) is 0 Å². The average molecular weight is 306 g/mol. The third kappa shape index (κ3) is 4.03. The molecule has 1 aromatic carbocycles. The highest BCUT2D eigenvalue weighted by Crippen LogP contribution is 2.17. The summed E-state index contributed by atoms with van der Waals surface area (Å²) in [5.41, 5.74) is 0.972. The highest BCUT2D eigenvalue weighted by molar-refractivity contribution is 6.30. The Bertz CT molecular complexity index is 560. The van der Waals surface area contributed by atoms with Crippen LogP contribution in [0.2, 0.25) is 5.02 Å². The number of rotatable bonds is 5. The van der Waals surface area contributed by atoms with Crippen molar-refractivity contribution < 1.29 is 0 Å². The zero-order valence-electron chi connectivity index (χ0n) is 11.9. The van der Waals surface area contributed by atoms with Gasteiger partial charge in [-0.2, -0.15) is 5.10 Å². The lowest BCUT2D eigenvalue weighted by molar-refractivity contribution is 0.355. The second-order valence-electron chi connectivity index (χ2n) is 5.44. The van der Waals surface area contributed by atoms with Crippen molar-refractivity contribution in [2.24, 2.45) is 5.92 Å². The Hall–Kier alpha value is -1.43. The van der Waals surface area contributed by atoms with Gasteiger partial charge in [-0.3, -0.25) is 5.10 Å². The Morgan fingerprint density at radius 1 is 1.19 bits per heavy atom. The molecule has 1 saturated heterocycles. The number of H-pyrrole nitrogens is 1. The van der Waals surface area contributed by atoms with Gasteiger partial charge in [0.15, 0.2) is 5.82 Å². The molecule has 3 rings (SSSR count). The second-order valence-corrected chi connectivity index (χ2v) is 5.87. The minimum atomic E-state index is 0.713. The van der Waals surface area contributed by atoms with Crippen LogP contribution in [0, 0.1) is 5.92 Å². The molecule has 0 aliphatic carbocycles. The summed E-state index contributed by atoms with van der Waals surface area (Å²) in [7, 11) is 0. The fraction of sp³-hybridized carbons (Fsp3) is 0.467. The summed E-state index contributed by atoms with van der Waals surface area (Å²) < 4.78 is 0. The first-order valence-electron chi connectivity index (χ1n) is 7.40. The summed E-state index contributed by atoms with van der Waals surface area (Å²) in [6.07, 6.45) is 2.50. The molecular formula is C15H20ClN5. The van der Waals surface area contributed by atoms with Crippen molar-refractivity contribution in [2.45, 2.75) is 19.4 Å². The normalized spacial score (nSPS) is 16.2. The van der Waals surface area contributed by atoms with E-state index in [1.165, 1.54) is 12.8 Å². The van der Waals surface area contributed by atoms with Crippen LogP contribution in [0.5, 0.6) is 0 Å². The number of aromatic nitrogens is 3. The van der Waals surface area contributed by atoms with E-state index in [2.05, 4.69) is 25.8 Å². The molecule has 0 unspecified atom stereocenters. The van der Waals surface area contributed by atoms with Crippen molar-refractivity contribution in [1.29, 1.82) is 0 Å². The Labute approximate surface area is 129 Å². The van der Waals surface area contributed by atoms with Gasteiger partial charge in [0, 0.05) is 10.6 Å². The van der Waals surface area contributed by atoms with E-state index in [0.717, 1.165) is 48.5 Å². The number of nitrogens with zero attached hydrogens (tertiary/aromatic N) is 2. The smallest absolute Gasteiger partial charge is 0.181 e. The molecule has 112 valence electrons. The first kappa shape index (κ1) is 14.5. The Morgan fingerprint density at radius 2 is 1.95 bits per heavy atom. The fourth-order valence-corrected chi connectivity index (χ4v) is 2.71. The third-order valence-corrected chi connectivity index (χ3v) is 4.07. The standard InChI is InChI=1S/C15H20ClN5/c16-13-3-1-12(2-4-13)15-19-14(20-21-15)10-18-9-11-5-7-17-8-6-11/h1-4,11,17-18H,5-10H2,(H,19,20,21). The molecule has 5 nitrogen and oxygen atoms in total. The Morgan fingerprint density at radius 3 is 2.71 bits per heavy atom. The van der Waals surface area contributed by atoms with Gasteiger partial charge >= 0.3 is 0 Å². The fourth-order valence-electron chi connectivity index (χ4n) is 2.58. The number of aromatic amines is 1. The van der Waals surface area contributed by atoms with Crippen molar-refractivity contribution in [3.05, 3.63) is 35.1 Å². The van der Waals surface area contributed by atoms with E-state index in [-0.39, 0.29) is 0 Å². The number of piperidine rings is 1. The molecule has 21 heavy (non-hydrogen) atoms. The molecule has 0 atom stereocenters. The minimum absolute atomic E-state index is 0.713. The first-order chi connectivity index (χ1) is 10.3. The molecule has 2 aromatic rings. The maximum absolute atomic E-state index is 5.88. The molecule has 0 amide bonds. The second kappa shape index (κ2) is 7.02. The van der Waals surface area contributed by atoms with Crippen molar-refractivity contribution in [3.8, 4) is 11.4 Å². The van der Waals surface area contributed by atoms with E-state index in [1.807, 2.05) is 24.3 Å². The molecule has 1 aliphatic heterocycles. The number of nitrogens with one attached hydrogen (secondary N) is 3. The summed E-state index contributed by atoms with van der Waals surface area (Å²) in [5, 5.41) is 14.8. The topological polar surface area (TPSA) is 65.6 Å². The van der Waals surface area contributed by atoms with E-state index in [4.69, 9.17) is 11.6 Å². The van der Waals surface area contributed by atoms with E-state index < -0.39 is 0 Å². The molecule has 6 heteroatoms. The van der Waals surface area contributed by atoms with Gasteiger partial charge in [-0.25, -0.2) is 4.98 Å². The van der Waals surface area contributed by atoms with Crippen molar-refractivity contribution >= 4 is 11.6 Å². The van der Waals surface area contributed by atoms with Crippen LogP contribution in [0.1, 0.15) is 18.7 Å². The average Bonchev–Trinajstić information content (AvgIpc) is 2.98. The Balaban J connectivity index is 1.51. The quantitative estimate of drug-likeness (QED) is 0.792. The highest BCUT2D eigenvalue weighted by atomic mass is 35.5.